The maximum Gasteiger partial charge on any atom is 0.310 e. The van der Waals surface area contributed by atoms with Crippen LogP contribution in [0.2, 0.25) is 0 Å². The molecule has 0 aromatic rings. The molecule has 0 spiro atoms. The van der Waals surface area contributed by atoms with Crippen molar-refractivity contribution in [3.05, 3.63) is 0 Å². The van der Waals surface area contributed by atoms with Crippen molar-refractivity contribution < 1.29 is 19.1 Å². The van der Waals surface area contributed by atoms with Gasteiger partial charge in [0, 0.05) is 0 Å². The second-order valence-electron chi connectivity index (χ2n) is 7.13. The summed E-state index contributed by atoms with van der Waals surface area (Å²) >= 11 is 0. The number of carbonyl (C=O) groups excluding carboxylic acids is 2. The van der Waals surface area contributed by atoms with Crippen LogP contribution < -0.4 is 0 Å². The van der Waals surface area contributed by atoms with Crippen molar-refractivity contribution in [1.82, 2.24) is 0 Å². The molecule has 128 valence electrons. The molecule has 0 saturated heterocycles. The molecule has 0 amide bonds. The summed E-state index contributed by atoms with van der Waals surface area (Å²) in [6.07, 6.45) is 3.60. The van der Waals surface area contributed by atoms with Crippen molar-refractivity contribution in [2.24, 2.45) is 23.7 Å². The van der Waals surface area contributed by atoms with Gasteiger partial charge in [-0.3, -0.25) is 9.59 Å². The molecule has 1 rings (SSSR count). The van der Waals surface area contributed by atoms with Crippen LogP contribution in [0.25, 0.3) is 0 Å². The third-order valence-corrected chi connectivity index (χ3v) is 4.41. The molecule has 4 atom stereocenters. The van der Waals surface area contributed by atoms with Crippen LogP contribution in [0.4, 0.5) is 0 Å². The van der Waals surface area contributed by atoms with E-state index in [1.807, 2.05) is 34.6 Å². The molecule has 0 bridgehead atoms. The second-order valence-corrected chi connectivity index (χ2v) is 7.13. The minimum atomic E-state index is -0.376. The number of esters is 2. The minimum absolute atomic E-state index is 0.157. The normalized spacial score (nSPS) is 28.7. The molecule has 4 nitrogen and oxygen atoms in total. The first-order valence-electron chi connectivity index (χ1n) is 8.68. The summed E-state index contributed by atoms with van der Waals surface area (Å²) in [6.45, 7) is 11.5. The number of ether oxygens (including phenoxy) is 2. The van der Waals surface area contributed by atoms with Gasteiger partial charge in [-0.2, -0.15) is 0 Å². The lowest BCUT2D eigenvalue weighted by Gasteiger charge is -2.39. The highest BCUT2D eigenvalue weighted by atomic mass is 16.6. The third-order valence-electron chi connectivity index (χ3n) is 4.41. The quantitative estimate of drug-likeness (QED) is 0.696. The predicted octanol–water partition coefficient (Wildman–Crippen LogP) is 3.97. The van der Waals surface area contributed by atoms with E-state index in [4.69, 9.17) is 9.47 Å². The molecule has 0 aromatic heterocycles. The van der Waals surface area contributed by atoms with E-state index in [-0.39, 0.29) is 47.8 Å². The zero-order valence-electron chi connectivity index (χ0n) is 14.9. The van der Waals surface area contributed by atoms with Crippen molar-refractivity contribution in [2.45, 2.75) is 79.4 Å². The minimum Gasteiger partial charge on any atom is -0.463 e. The Morgan fingerprint density at radius 2 is 1.45 bits per heavy atom. The lowest BCUT2D eigenvalue weighted by atomic mass is 9.65. The van der Waals surface area contributed by atoms with Gasteiger partial charge < -0.3 is 9.47 Å². The molecule has 0 aromatic carbocycles. The van der Waals surface area contributed by atoms with E-state index in [1.165, 1.54) is 0 Å². The van der Waals surface area contributed by atoms with Gasteiger partial charge in [0.25, 0.3) is 0 Å². The molecular weight excluding hydrogens is 280 g/mol. The van der Waals surface area contributed by atoms with E-state index in [0.29, 0.717) is 0 Å². The number of rotatable bonds is 6. The maximum absolute atomic E-state index is 12.6. The van der Waals surface area contributed by atoms with Gasteiger partial charge in [0.05, 0.1) is 24.0 Å². The van der Waals surface area contributed by atoms with Crippen LogP contribution >= 0.6 is 0 Å². The van der Waals surface area contributed by atoms with Crippen LogP contribution in [0, 0.1) is 23.7 Å². The van der Waals surface area contributed by atoms with E-state index >= 15 is 0 Å². The first kappa shape index (κ1) is 19.0. The molecule has 1 aliphatic rings. The molecule has 0 N–H and O–H groups in total. The van der Waals surface area contributed by atoms with Gasteiger partial charge in [0.15, 0.2) is 0 Å². The van der Waals surface area contributed by atoms with E-state index in [9.17, 15) is 9.59 Å². The summed E-state index contributed by atoms with van der Waals surface area (Å²) in [5.41, 5.74) is 0. The predicted molar refractivity (Wildman–Crippen MR) is 86.2 cm³/mol. The second kappa shape index (κ2) is 8.54. The smallest absolute Gasteiger partial charge is 0.310 e. The summed E-state index contributed by atoms with van der Waals surface area (Å²) < 4.78 is 10.9. The number of hydrogen-bond acceptors (Lipinski definition) is 4. The van der Waals surface area contributed by atoms with E-state index in [0.717, 1.165) is 25.7 Å². The topological polar surface area (TPSA) is 52.6 Å². The SMILES string of the molecule is CCCC1CCC(C)C(C(=O)OC(C)C)C1C(=O)OC(C)C. The van der Waals surface area contributed by atoms with Crippen molar-refractivity contribution in [3.63, 3.8) is 0 Å². The van der Waals surface area contributed by atoms with Gasteiger partial charge in [0.1, 0.15) is 0 Å². The first-order valence-corrected chi connectivity index (χ1v) is 8.68. The number of carbonyl (C=O) groups is 2. The van der Waals surface area contributed by atoms with Crippen LogP contribution in [-0.4, -0.2) is 24.1 Å². The molecule has 0 heterocycles. The third kappa shape index (κ3) is 4.99. The Morgan fingerprint density at radius 1 is 0.955 bits per heavy atom. The fraction of sp³-hybridized carbons (Fsp3) is 0.889. The summed E-state index contributed by atoms with van der Waals surface area (Å²) in [5, 5.41) is 0. The van der Waals surface area contributed by atoms with Crippen LogP contribution in [0.5, 0.6) is 0 Å². The fourth-order valence-electron chi connectivity index (χ4n) is 3.52. The zero-order valence-corrected chi connectivity index (χ0v) is 14.9. The first-order chi connectivity index (χ1) is 10.3. The zero-order chi connectivity index (χ0) is 16.9. The monoisotopic (exact) mass is 312 g/mol. The fourth-order valence-corrected chi connectivity index (χ4v) is 3.52. The van der Waals surface area contributed by atoms with Crippen molar-refractivity contribution in [3.8, 4) is 0 Å². The van der Waals surface area contributed by atoms with Gasteiger partial charge in [-0.25, -0.2) is 0 Å². The molecule has 1 fully saturated rings. The molecule has 1 saturated carbocycles. The molecule has 4 unspecified atom stereocenters. The van der Waals surface area contributed by atoms with E-state index in [2.05, 4.69) is 6.92 Å². The molecule has 4 heteroatoms. The van der Waals surface area contributed by atoms with E-state index < -0.39 is 0 Å². The van der Waals surface area contributed by atoms with Crippen molar-refractivity contribution >= 4 is 11.9 Å². The Bertz CT molecular complexity index is 375. The summed E-state index contributed by atoms with van der Waals surface area (Å²) in [6, 6.07) is 0. The number of hydrogen-bond donors (Lipinski definition) is 0. The van der Waals surface area contributed by atoms with Crippen molar-refractivity contribution in [1.29, 1.82) is 0 Å². The Kier molecular flexibility index (Phi) is 7.37. The van der Waals surface area contributed by atoms with Gasteiger partial charge in [-0.1, -0.05) is 20.3 Å². The molecule has 22 heavy (non-hydrogen) atoms. The Morgan fingerprint density at radius 3 is 1.91 bits per heavy atom. The highest BCUT2D eigenvalue weighted by Gasteiger charge is 2.47. The highest BCUT2D eigenvalue weighted by Crippen LogP contribution is 2.42. The molecule has 1 aliphatic carbocycles. The molecule has 0 aliphatic heterocycles. The Hall–Kier alpha value is -1.06. The lowest BCUT2D eigenvalue weighted by molar-refractivity contribution is -0.173. The molecular formula is C18H32O4. The van der Waals surface area contributed by atoms with E-state index in [1.54, 1.807) is 0 Å². The van der Waals surface area contributed by atoms with Crippen LogP contribution in [0.15, 0.2) is 0 Å². The average molecular weight is 312 g/mol. The Balaban J connectivity index is 3.02. The molecule has 0 radical (unpaired) electrons. The summed E-state index contributed by atoms with van der Waals surface area (Å²) in [5.74, 6) is -0.836. The maximum atomic E-state index is 12.6. The van der Waals surface area contributed by atoms with Crippen LogP contribution in [-0.2, 0) is 19.1 Å². The average Bonchev–Trinajstić information content (AvgIpc) is 2.38. The standard InChI is InChI=1S/C18H32O4/c1-7-8-14-10-9-13(6)15(17(19)21-11(2)3)16(14)18(20)22-12(4)5/h11-16H,7-10H2,1-6H3. The lowest BCUT2D eigenvalue weighted by Crippen LogP contribution is -2.45. The van der Waals surface area contributed by atoms with Gasteiger partial charge >= 0.3 is 11.9 Å². The summed E-state index contributed by atoms with van der Waals surface area (Å²) in [4.78, 5) is 25.1. The largest absolute Gasteiger partial charge is 0.463 e. The van der Waals surface area contributed by atoms with Gasteiger partial charge in [-0.15, -0.1) is 0 Å². The van der Waals surface area contributed by atoms with Crippen LogP contribution in [0.1, 0.15) is 67.2 Å². The van der Waals surface area contributed by atoms with Gasteiger partial charge in [0.2, 0.25) is 0 Å². The van der Waals surface area contributed by atoms with Gasteiger partial charge in [-0.05, 0) is 58.8 Å². The Labute approximate surface area is 134 Å². The van der Waals surface area contributed by atoms with Crippen LogP contribution in [0.3, 0.4) is 0 Å². The summed E-state index contributed by atoms with van der Waals surface area (Å²) in [7, 11) is 0. The highest BCUT2D eigenvalue weighted by molar-refractivity contribution is 5.83. The van der Waals surface area contributed by atoms with Crippen molar-refractivity contribution in [2.75, 3.05) is 0 Å².